The van der Waals surface area contributed by atoms with Gasteiger partial charge in [0.2, 0.25) is 6.79 Å². The van der Waals surface area contributed by atoms with Crippen molar-refractivity contribution in [3.63, 3.8) is 0 Å². The maximum Gasteiger partial charge on any atom is 0.336 e. The number of fused-ring (bicyclic) bond motifs is 1. The maximum absolute atomic E-state index is 12.9. The summed E-state index contributed by atoms with van der Waals surface area (Å²) in [6, 6.07) is 5.39. The van der Waals surface area contributed by atoms with E-state index in [1.807, 2.05) is 6.07 Å². The first kappa shape index (κ1) is 19.8. The molecule has 0 amide bonds. The Hall–Kier alpha value is -3.00. The molecule has 1 unspecified atom stereocenters. The number of dihydropyridines is 1. The van der Waals surface area contributed by atoms with Crippen LogP contribution in [-0.2, 0) is 19.1 Å². The van der Waals surface area contributed by atoms with Gasteiger partial charge in [-0.05, 0) is 27.0 Å². The molecule has 2 N–H and O–H groups in total. The third kappa shape index (κ3) is 3.55. The first-order chi connectivity index (χ1) is 13.5. The molecule has 1 aromatic rings. The van der Waals surface area contributed by atoms with Crippen LogP contribution in [0.4, 0.5) is 0 Å². The van der Waals surface area contributed by atoms with Gasteiger partial charge < -0.3 is 29.6 Å². The summed E-state index contributed by atoms with van der Waals surface area (Å²) >= 11 is 0. The van der Waals surface area contributed by atoms with Crippen LogP contribution in [0.5, 0.6) is 11.5 Å². The standard InChI is InChI=1S/C20H24N2O6/c1-11-15(19(23)25-4)17(13-6-5-7-14-18(13)28-10-27-14)16(12(2)22-11)20(24)26-9-8-21-3/h5-7,17,21-22H,8-10H2,1-4H3. The van der Waals surface area contributed by atoms with Gasteiger partial charge in [0.1, 0.15) is 6.61 Å². The zero-order valence-corrected chi connectivity index (χ0v) is 16.4. The number of para-hydroxylation sites is 1. The summed E-state index contributed by atoms with van der Waals surface area (Å²) < 4.78 is 21.5. The van der Waals surface area contributed by atoms with E-state index in [4.69, 9.17) is 18.9 Å². The lowest BCUT2D eigenvalue weighted by atomic mass is 9.80. The molecule has 0 aromatic heterocycles. The van der Waals surface area contributed by atoms with E-state index in [0.29, 0.717) is 46.1 Å². The van der Waals surface area contributed by atoms with Crippen molar-refractivity contribution in [2.45, 2.75) is 19.8 Å². The van der Waals surface area contributed by atoms with Crippen LogP contribution >= 0.6 is 0 Å². The van der Waals surface area contributed by atoms with Crippen LogP contribution in [0.1, 0.15) is 25.3 Å². The summed E-state index contributed by atoms with van der Waals surface area (Å²) in [6.45, 7) is 4.36. The maximum atomic E-state index is 12.9. The molecular formula is C20H24N2O6. The van der Waals surface area contributed by atoms with Crippen molar-refractivity contribution >= 4 is 11.9 Å². The van der Waals surface area contributed by atoms with E-state index in [-0.39, 0.29) is 13.4 Å². The van der Waals surface area contributed by atoms with Gasteiger partial charge in [0.05, 0.1) is 24.2 Å². The number of ether oxygens (including phenoxy) is 4. The third-order valence-electron chi connectivity index (χ3n) is 4.71. The van der Waals surface area contributed by atoms with Crippen LogP contribution in [0.3, 0.4) is 0 Å². The number of hydrogen-bond donors (Lipinski definition) is 2. The highest BCUT2D eigenvalue weighted by atomic mass is 16.7. The summed E-state index contributed by atoms with van der Waals surface area (Å²) in [7, 11) is 3.08. The van der Waals surface area contributed by atoms with E-state index in [2.05, 4.69) is 10.6 Å². The fourth-order valence-electron chi connectivity index (χ4n) is 3.46. The smallest absolute Gasteiger partial charge is 0.336 e. The lowest BCUT2D eigenvalue weighted by molar-refractivity contribution is -0.139. The molecule has 0 saturated heterocycles. The highest BCUT2D eigenvalue weighted by molar-refractivity contribution is 6.00. The molecule has 150 valence electrons. The highest BCUT2D eigenvalue weighted by Gasteiger charge is 2.40. The Morgan fingerprint density at radius 3 is 2.57 bits per heavy atom. The van der Waals surface area contributed by atoms with Gasteiger partial charge in [-0.25, -0.2) is 9.59 Å². The van der Waals surface area contributed by atoms with Gasteiger partial charge in [-0.2, -0.15) is 0 Å². The zero-order valence-electron chi connectivity index (χ0n) is 16.4. The van der Waals surface area contributed by atoms with Gasteiger partial charge in [-0.3, -0.25) is 0 Å². The van der Waals surface area contributed by atoms with Gasteiger partial charge in [-0.15, -0.1) is 0 Å². The van der Waals surface area contributed by atoms with Crippen molar-refractivity contribution in [3.8, 4) is 11.5 Å². The minimum absolute atomic E-state index is 0.0816. The van der Waals surface area contributed by atoms with E-state index < -0.39 is 17.9 Å². The van der Waals surface area contributed by atoms with Crippen molar-refractivity contribution in [1.29, 1.82) is 0 Å². The van der Waals surface area contributed by atoms with Crippen LogP contribution < -0.4 is 20.1 Å². The molecule has 0 radical (unpaired) electrons. The molecule has 28 heavy (non-hydrogen) atoms. The Bertz CT molecular complexity index is 858. The fourth-order valence-corrected chi connectivity index (χ4v) is 3.46. The number of carbonyl (C=O) groups is 2. The number of hydrogen-bond acceptors (Lipinski definition) is 8. The molecule has 2 aliphatic heterocycles. The molecule has 0 saturated carbocycles. The second-order valence-electron chi connectivity index (χ2n) is 6.45. The van der Waals surface area contributed by atoms with Crippen molar-refractivity contribution < 1.29 is 28.5 Å². The number of carbonyl (C=O) groups excluding carboxylic acids is 2. The minimum Gasteiger partial charge on any atom is -0.466 e. The topological polar surface area (TPSA) is 95.1 Å². The van der Waals surface area contributed by atoms with E-state index in [1.165, 1.54) is 7.11 Å². The van der Waals surface area contributed by atoms with E-state index >= 15 is 0 Å². The van der Waals surface area contributed by atoms with Gasteiger partial charge in [0, 0.05) is 23.5 Å². The summed E-state index contributed by atoms with van der Waals surface area (Å²) in [4.78, 5) is 25.6. The Morgan fingerprint density at radius 2 is 1.89 bits per heavy atom. The van der Waals surface area contributed by atoms with Crippen molar-refractivity contribution in [2.75, 3.05) is 34.1 Å². The summed E-state index contributed by atoms with van der Waals surface area (Å²) in [6.07, 6.45) is 0. The Kier molecular flexibility index (Phi) is 5.89. The zero-order chi connectivity index (χ0) is 20.3. The predicted octanol–water partition coefficient (Wildman–Crippen LogP) is 1.59. The summed E-state index contributed by atoms with van der Waals surface area (Å²) in [5, 5.41) is 6.03. The Morgan fingerprint density at radius 1 is 1.18 bits per heavy atom. The Balaban J connectivity index is 2.12. The molecule has 3 rings (SSSR count). The molecule has 0 fully saturated rings. The van der Waals surface area contributed by atoms with Gasteiger partial charge >= 0.3 is 11.9 Å². The monoisotopic (exact) mass is 388 g/mol. The van der Waals surface area contributed by atoms with Gasteiger partial charge in [0.15, 0.2) is 11.5 Å². The molecule has 8 heteroatoms. The van der Waals surface area contributed by atoms with E-state index in [9.17, 15) is 9.59 Å². The van der Waals surface area contributed by atoms with Crippen LogP contribution in [0.25, 0.3) is 0 Å². The number of rotatable bonds is 6. The van der Waals surface area contributed by atoms with Gasteiger partial charge in [0.25, 0.3) is 0 Å². The minimum atomic E-state index is -0.701. The number of benzene rings is 1. The first-order valence-corrected chi connectivity index (χ1v) is 8.96. The summed E-state index contributed by atoms with van der Waals surface area (Å²) in [5.41, 5.74) is 2.54. The van der Waals surface area contributed by atoms with Crippen molar-refractivity contribution in [1.82, 2.24) is 10.6 Å². The number of likely N-dealkylation sites (N-methyl/N-ethyl adjacent to an activating group) is 1. The normalized spacial score (nSPS) is 18.1. The van der Waals surface area contributed by atoms with Gasteiger partial charge in [-0.1, -0.05) is 12.1 Å². The molecule has 1 atom stereocenters. The number of nitrogens with one attached hydrogen (secondary N) is 2. The summed E-state index contributed by atoms with van der Waals surface area (Å²) in [5.74, 6) is -0.655. The first-order valence-electron chi connectivity index (χ1n) is 8.96. The van der Waals surface area contributed by atoms with E-state index in [0.717, 1.165) is 0 Å². The largest absolute Gasteiger partial charge is 0.466 e. The predicted molar refractivity (Wildman–Crippen MR) is 101 cm³/mol. The molecule has 8 nitrogen and oxygen atoms in total. The molecule has 0 spiro atoms. The second kappa shape index (κ2) is 8.35. The van der Waals surface area contributed by atoms with Crippen LogP contribution in [0.2, 0.25) is 0 Å². The second-order valence-corrected chi connectivity index (χ2v) is 6.45. The lowest BCUT2D eigenvalue weighted by Gasteiger charge is -2.30. The van der Waals surface area contributed by atoms with Crippen LogP contribution in [0, 0.1) is 0 Å². The number of methoxy groups -OCH3 is 1. The Labute approximate surface area is 163 Å². The number of allylic oxidation sites excluding steroid dienone is 2. The molecule has 1 aromatic carbocycles. The van der Waals surface area contributed by atoms with E-state index in [1.54, 1.807) is 33.0 Å². The number of esters is 2. The SMILES string of the molecule is CNCCOC(=O)C1=C(C)NC(C)=C(C(=O)OC)C1c1cccc2c1OCO2. The molecule has 0 aliphatic carbocycles. The quantitative estimate of drug-likeness (QED) is 0.560. The molecule has 0 bridgehead atoms. The molecular weight excluding hydrogens is 364 g/mol. The average Bonchev–Trinajstić information content (AvgIpc) is 3.15. The van der Waals surface area contributed by atoms with Crippen LogP contribution in [0.15, 0.2) is 40.7 Å². The van der Waals surface area contributed by atoms with Crippen molar-refractivity contribution in [2.24, 2.45) is 0 Å². The third-order valence-corrected chi connectivity index (χ3v) is 4.71. The molecule has 2 aliphatic rings. The average molecular weight is 388 g/mol. The molecule has 2 heterocycles. The lowest BCUT2D eigenvalue weighted by Crippen LogP contribution is -2.33. The van der Waals surface area contributed by atoms with Crippen LogP contribution in [-0.4, -0.2) is 46.0 Å². The fraction of sp³-hybridized carbons (Fsp3) is 0.400. The highest BCUT2D eigenvalue weighted by Crippen LogP contribution is 2.47. The van der Waals surface area contributed by atoms with Crippen molar-refractivity contribution in [3.05, 3.63) is 46.3 Å².